The van der Waals surface area contributed by atoms with Crippen LogP contribution in [0.3, 0.4) is 0 Å². The maximum absolute atomic E-state index is 11.6. The highest BCUT2D eigenvalue weighted by molar-refractivity contribution is 6.18. The van der Waals surface area contributed by atoms with Crippen LogP contribution in [-0.2, 0) is 17.6 Å². The Labute approximate surface area is 117 Å². The number of hydrogen-bond donors (Lipinski definition) is 2. The molecule has 3 nitrogen and oxygen atoms in total. The fourth-order valence-corrected chi connectivity index (χ4v) is 3.06. The quantitative estimate of drug-likeness (QED) is 0.832. The average Bonchev–Trinajstić information content (AvgIpc) is 2.76. The summed E-state index contributed by atoms with van der Waals surface area (Å²) in [5.74, 6) is 0.440. The van der Waals surface area contributed by atoms with Crippen molar-refractivity contribution in [1.29, 1.82) is 0 Å². The summed E-state index contributed by atoms with van der Waals surface area (Å²) in [6, 6.07) is 8.62. The third kappa shape index (κ3) is 2.47. The van der Waals surface area contributed by atoms with E-state index >= 15 is 0 Å². The Bertz CT molecular complexity index is 605. The maximum atomic E-state index is 11.6. The molecule has 19 heavy (non-hydrogen) atoms. The number of halogens is 1. The molecule has 0 fully saturated rings. The molecule has 2 N–H and O–H groups in total. The van der Waals surface area contributed by atoms with Gasteiger partial charge in [-0.05, 0) is 24.5 Å². The smallest absolute Gasteiger partial charge is 0.221 e. The molecule has 1 amide bonds. The summed E-state index contributed by atoms with van der Waals surface area (Å²) in [4.78, 5) is 15.1. The zero-order valence-corrected chi connectivity index (χ0v) is 11.5. The van der Waals surface area contributed by atoms with Crippen LogP contribution >= 0.6 is 11.6 Å². The molecule has 2 aromatic rings. The number of para-hydroxylation sites is 1. The van der Waals surface area contributed by atoms with Gasteiger partial charge in [0.15, 0.2) is 0 Å². The summed E-state index contributed by atoms with van der Waals surface area (Å²) in [7, 11) is 0. The van der Waals surface area contributed by atoms with E-state index in [2.05, 4.69) is 28.5 Å². The maximum Gasteiger partial charge on any atom is 0.221 e. The van der Waals surface area contributed by atoms with E-state index in [4.69, 9.17) is 11.6 Å². The van der Waals surface area contributed by atoms with E-state index in [1.54, 1.807) is 0 Å². The van der Waals surface area contributed by atoms with E-state index in [0.717, 1.165) is 19.3 Å². The van der Waals surface area contributed by atoms with Gasteiger partial charge in [-0.1, -0.05) is 18.2 Å². The van der Waals surface area contributed by atoms with Gasteiger partial charge in [-0.2, -0.15) is 0 Å². The van der Waals surface area contributed by atoms with E-state index in [1.807, 2.05) is 6.07 Å². The Balaban J connectivity index is 1.78. The van der Waals surface area contributed by atoms with Crippen molar-refractivity contribution in [3.8, 4) is 0 Å². The van der Waals surface area contributed by atoms with E-state index in [0.29, 0.717) is 12.3 Å². The molecule has 0 radical (unpaired) electrons. The molecule has 1 aliphatic carbocycles. The van der Waals surface area contributed by atoms with Crippen LogP contribution in [0.5, 0.6) is 0 Å². The molecule has 0 aliphatic heterocycles. The van der Waals surface area contributed by atoms with Gasteiger partial charge in [0.25, 0.3) is 0 Å². The van der Waals surface area contributed by atoms with Gasteiger partial charge < -0.3 is 10.3 Å². The summed E-state index contributed by atoms with van der Waals surface area (Å²) in [5, 5.41) is 4.38. The lowest BCUT2D eigenvalue weighted by Crippen LogP contribution is -2.38. The number of carbonyl (C=O) groups is 1. The normalized spacial score (nSPS) is 18.3. The van der Waals surface area contributed by atoms with Crippen molar-refractivity contribution in [2.75, 3.05) is 5.88 Å². The molecule has 3 rings (SSSR count). The molecule has 1 unspecified atom stereocenters. The number of fused-ring (bicyclic) bond motifs is 3. The van der Waals surface area contributed by atoms with E-state index in [-0.39, 0.29) is 11.9 Å². The number of carbonyl (C=O) groups excluding carboxylic acids is 1. The second-order valence-electron chi connectivity index (χ2n) is 5.07. The third-order valence-corrected chi connectivity index (χ3v) is 3.97. The highest BCUT2D eigenvalue weighted by atomic mass is 35.5. The summed E-state index contributed by atoms with van der Waals surface area (Å²) >= 11 is 5.58. The van der Waals surface area contributed by atoms with Crippen molar-refractivity contribution in [2.24, 2.45) is 0 Å². The first-order valence-corrected chi connectivity index (χ1v) is 7.25. The molecule has 1 atom stereocenters. The van der Waals surface area contributed by atoms with Crippen molar-refractivity contribution in [1.82, 2.24) is 10.3 Å². The number of amides is 1. The number of nitrogens with one attached hydrogen (secondary N) is 2. The Morgan fingerprint density at radius 2 is 2.26 bits per heavy atom. The van der Waals surface area contributed by atoms with Gasteiger partial charge >= 0.3 is 0 Å². The minimum atomic E-state index is 0.0551. The lowest BCUT2D eigenvalue weighted by Gasteiger charge is -2.23. The highest BCUT2D eigenvalue weighted by Crippen LogP contribution is 2.28. The first-order valence-electron chi connectivity index (χ1n) is 6.71. The predicted molar refractivity (Wildman–Crippen MR) is 77.6 cm³/mol. The second-order valence-corrected chi connectivity index (χ2v) is 5.45. The molecule has 0 saturated carbocycles. The first-order chi connectivity index (χ1) is 9.28. The van der Waals surface area contributed by atoms with Crippen LogP contribution in [0.1, 0.15) is 24.1 Å². The number of H-pyrrole nitrogens is 1. The number of rotatable bonds is 3. The van der Waals surface area contributed by atoms with E-state index < -0.39 is 0 Å². The van der Waals surface area contributed by atoms with Crippen molar-refractivity contribution in [2.45, 2.75) is 31.7 Å². The van der Waals surface area contributed by atoms with Gasteiger partial charge in [-0.15, -0.1) is 11.6 Å². The summed E-state index contributed by atoms with van der Waals surface area (Å²) < 4.78 is 0. The number of aromatic nitrogens is 1. The number of aromatic amines is 1. The molecule has 1 heterocycles. The van der Waals surface area contributed by atoms with E-state index in [1.165, 1.54) is 22.2 Å². The SMILES string of the molecule is O=C(CCCl)NC1CCc2c([nH]c3ccccc23)C1. The zero-order chi connectivity index (χ0) is 13.2. The molecule has 1 aromatic carbocycles. The van der Waals surface area contributed by atoms with Crippen LogP contribution in [-0.4, -0.2) is 22.8 Å². The molecule has 100 valence electrons. The lowest BCUT2D eigenvalue weighted by atomic mass is 9.91. The zero-order valence-electron chi connectivity index (χ0n) is 10.7. The summed E-state index contributed by atoms with van der Waals surface area (Å²) in [6.07, 6.45) is 3.31. The Hall–Kier alpha value is -1.48. The highest BCUT2D eigenvalue weighted by Gasteiger charge is 2.23. The van der Waals surface area contributed by atoms with Crippen molar-refractivity contribution in [3.05, 3.63) is 35.5 Å². The van der Waals surface area contributed by atoms with Crippen LogP contribution < -0.4 is 5.32 Å². The number of benzene rings is 1. The molecule has 0 saturated heterocycles. The standard InChI is InChI=1S/C15H17ClN2O/c16-8-7-15(19)17-10-5-6-12-11-3-1-2-4-13(11)18-14(12)9-10/h1-4,10,18H,5-9H2,(H,17,19). The van der Waals surface area contributed by atoms with Crippen LogP contribution in [0.4, 0.5) is 0 Å². The van der Waals surface area contributed by atoms with Crippen LogP contribution in [0.2, 0.25) is 0 Å². The van der Waals surface area contributed by atoms with Crippen molar-refractivity contribution >= 4 is 28.4 Å². The summed E-state index contributed by atoms with van der Waals surface area (Å²) in [6.45, 7) is 0. The molecular formula is C15H17ClN2O. The Morgan fingerprint density at radius 1 is 1.42 bits per heavy atom. The van der Waals surface area contributed by atoms with Gasteiger partial charge in [-0.3, -0.25) is 4.79 Å². The molecule has 0 bridgehead atoms. The molecule has 0 spiro atoms. The number of aryl methyl sites for hydroxylation is 1. The van der Waals surface area contributed by atoms with Crippen LogP contribution in [0.15, 0.2) is 24.3 Å². The number of alkyl halides is 1. The molecule has 4 heteroatoms. The molecular weight excluding hydrogens is 260 g/mol. The first kappa shape index (κ1) is 12.5. The number of hydrogen-bond acceptors (Lipinski definition) is 1. The Kier molecular flexibility index (Phi) is 3.47. The lowest BCUT2D eigenvalue weighted by molar-refractivity contribution is -0.121. The van der Waals surface area contributed by atoms with Gasteiger partial charge in [0.05, 0.1) is 0 Å². The largest absolute Gasteiger partial charge is 0.358 e. The van der Waals surface area contributed by atoms with Crippen molar-refractivity contribution < 1.29 is 4.79 Å². The van der Waals surface area contributed by atoms with Gasteiger partial charge in [0.2, 0.25) is 5.91 Å². The average molecular weight is 277 g/mol. The van der Waals surface area contributed by atoms with Crippen LogP contribution in [0, 0.1) is 0 Å². The molecule has 1 aliphatic rings. The van der Waals surface area contributed by atoms with Gasteiger partial charge in [-0.25, -0.2) is 0 Å². The molecule has 1 aromatic heterocycles. The third-order valence-electron chi connectivity index (χ3n) is 3.78. The summed E-state index contributed by atoms with van der Waals surface area (Å²) in [5.41, 5.74) is 3.88. The minimum Gasteiger partial charge on any atom is -0.358 e. The second kappa shape index (κ2) is 5.25. The fourth-order valence-electron chi connectivity index (χ4n) is 2.89. The van der Waals surface area contributed by atoms with Gasteiger partial charge in [0.1, 0.15) is 0 Å². The predicted octanol–water partition coefficient (Wildman–Crippen LogP) is 2.77. The van der Waals surface area contributed by atoms with Crippen LogP contribution in [0.25, 0.3) is 10.9 Å². The monoisotopic (exact) mass is 276 g/mol. The topological polar surface area (TPSA) is 44.9 Å². The van der Waals surface area contributed by atoms with Gasteiger partial charge in [0, 0.05) is 41.4 Å². The Morgan fingerprint density at radius 3 is 3.11 bits per heavy atom. The van der Waals surface area contributed by atoms with Crippen molar-refractivity contribution in [3.63, 3.8) is 0 Å². The fraction of sp³-hybridized carbons (Fsp3) is 0.400. The minimum absolute atomic E-state index is 0.0551. The van der Waals surface area contributed by atoms with E-state index in [9.17, 15) is 4.79 Å².